The number of aliphatic imine (C=N–C) groups is 1. The van der Waals surface area contributed by atoms with E-state index in [0.29, 0.717) is 13.1 Å². The Morgan fingerprint density at radius 2 is 1.92 bits per heavy atom. The number of halogens is 1. The lowest BCUT2D eigenvalue weighted by molar-refractivity contribution is -0.122. The highest BCUT2D eigenvalue weighted by Gasteiger charge is 2.28. The molecule has 1 saturated heterocycles. The van der Waals surface area contributed by atoms with Crippen molar-refractivity contribution in [1.29, 1.82) is 0 Å². The van der Waals surface area contributed by atoms with E-state index in [0.717, 1.165) is 50.8 Å². The van der Waals surface area contributed by atoms with Gasteiger partial charge >= 0.3 is 0 Å². The van der Waals surface area contributed by atoms with Gasteiger partial charge in [0.05, 0.1) is 0 Å². The van der Waals surface area contributed by atoms with Gasteiger partial charge in [-0.3, -0.25) is 9.79 Å². The Bertz CT molecular complexity index is 414. The van der Waals surface area contributed by atoms with Crippen molar-refractivity contribution in [3.8, 4) is 0 Å². The van der Waals surface area contributed by atoms with E-state index in [1.807, 2.05) is 0 Å². The molecule has 0 aromatic heterocycles. The number of hydrogen-bond donors (Lipinski definition) is 3. The number of nitrogens with zero attached hydrogens (tertiary/aromatic N) is 2. The number of hydrogen-bond acceptors (Lipinski definition) is 3. The number of rotatable bonds is 9. The van der Waals surface area contributed by atoms with Crippen LogP contribution in [0.25, 0.3) is 0 Å². The number of piperidine rings is 1. The number of likely N-dealkylation sites (tertiary alicyclic amines) is 1. The fraction of sp³-hybridized carbons (Fsp3) is 0.889. The van der Waals surface area contributed by atoms with Crippen molar-refractivity contribution in [3.63, 3.8) is 0 Å². The first kappa shape index (κ1) is 22.5. The van der Waals surface area contributed by atoms with Crippen LogP contribution in [0, 0.1) is 11.8 Å². The normalized spacial score (nSPS) is 21.4. The molecule has 1 amide bonds. The summed E-state index contributed by atoms with van der Waals surface area (Å²) in [6.07, 6.45) is 5.92. The van der Waals surface area contributed by atoms with Crippen LogP contribution in [0.15, 0.2) is 4.99 Å². The lowest BCUT2D eigenvalue weighted by Gasteiger charge is -2.30. The number of nitrogens with one attached hydrogen (secondary N) is 3. The van der Waals surface area contributed by atoms with Gasteiger partial charge in [-0.25, -0.2) is 0 Å². The van der Waals surface area contributed by atoms with E-state index < -0.39 is 0 Å². The summed E-state index contributed by atoms with van der Waals surface area (Å²) in [7, 11) is 0. The van der Waals surface area contributed by atoms with Crippen LogP contribution in [0.3, 0.4) is 0 Å². The third kappa shape index (κ3) is 9.63. The zero-order valence-electron chi connectivity index (χ0n) is 15.9. The van der Waals surface area contributed by atoms with Crippen molar-refractivity contribution < 1.29 is 4.79 Å². The average Bonchev–Trinajstić information content (AvgIpc) is 3.40. The second-order valence-corrected chi connectivity index (χ2v) is 7.15. The summed E-state index contributed by atoms with van der Waals surface area (Å²) in [6, 6.07) is 0. The van der Waals surface area contributed by atoms with E-state index in [-0.39, 0.29) is 35.8 Å². The van der Waals surface area contributed by atoms with Crippen LogP contribution in [0.2, 0.25) is 0 Å². The molecule has 1 saturated carbocycles. The highest BCUT2D eigenvalue weighted by atomic mass is 127. The minimum absolute atomic E-state index is 0. The predicted octanol–water partition coefficient (Wildman–Crippen LogP) is 1.81. The molecule has 1 unspecified atom stereocenters. The number of amides is 1. The molecule has 1 atom stereocenters. The van der Waals surface area contributed by atoms with Gasteiger partial charge in [0.2, 0.25) is 5.91 Å². The summed E-state index contributed by atoms with van der Waals surface area (Å²) in [5.74, 6) is 2.18. The van der Waals surface area contributed by atoms with Crippen molar-refractivity contribution >= 4 is 35.8 Å². The van der Waals surface area contributed by atoms with Crippen LogP contribution < -0.4 is 16.0 Å². The Morgan fingerprint density at radius 1 is 1.16 bits per heavy atom. The van der Waals surface area contributed by atoms with Gasteiger partial charge in [-0.15, -0.1) is 24.0 Å². The number of carbonyl (C=O) groups is 1. The quantitative estimate of drug-likeness (QED) is 0.210. The van der Waals surface area contributed by atoms with Crippen LogP contribution in [-0.4, -0.2) is 62.6 Å². The monoisotopic (exact) mass is 465 g/mol. The molecule has 3 N–H and O–H groups in total. The minimum Gasteiger partial charge on any atom is -0.357 e. The lowest BCUT2D eigenvalue weighted by Crippen LogP contribution is -2.42. The van der Waals surface area contributed by atoms with Crippen LogP contribution in [0.5, 0.6) is 0 Å². The Balaban J connectivity index is 0.00000312. The molecule has 2 fully saturated rings. The molecular weight excluding hydrogens is 429 g/mol. The maximum Gasteiger partial charge on any atom is 0.223 e. The minimum atomic E-state index is 0. The Hall–Kier alpha value is -0.570. The van der Waals surface area contributed by atoms with E-state index in [1.165, 1.54) is 25.9 Å². The van der Waals surface area contributed by atoms with Gasteiger partial charge in [-0.05, 0) is 58.0 Å². The topological polar surface area (TPSA) is 68.8 Å². The van der Waals surface area contributed by atoms with Crippen molar-refractivity contribution in [2.24, 2.45) is 16.8 Å². The highest BCUT2D eigenvalue weighted by molar-refractivity contribution is 14.0. The summed E-state index contributed by atoms with van der Waals surface area (Å²) in [4.78, 5) is 18.8. The molecular formula is C18H36IN5O. The lowest BCUT2D eigenvalue weighted by atomic mass is 10.0. The molecule has 2 rings (SSSR count). The third-order valence-corrected chi connectivity index (χ3v) is 4.65. The highest BCUT2D eigenvalue weighted by Crippen LogP contribution is 2.28. The first-order valence-corrected chi connectivity index (χ1v) is 9.71. The molecule has 25 heavy (non-hydrogen) atoms. The van der Waals surface area contributed by atoms with Crippen molar-refractivity contribution in [3.05, 3.63) is 0 Å². The molecule has 7 heteroatoms. The van der Waals surface area contributed by atoms with Crippen molar-refractivity contribution in [1.82, 2.24) is 20.9 Å². The van der Waals surface area contributed by atoms with Crippen molar-refractivity contribution in [2.45, 2.75) is 46.0 Å². The summed E-state index contributed by atoms with van der Waals surface area (Å²) >= 11 is 0. The van der Waals surface area contributed by atoms with Crippen LogP contribution in [0.4, 0.5) is 0 Å². The van der Waals surface area contributed by atoms with Gasteiger partial charge < -0.3 is 20.9 Å². The third-order valence-electron chi connectivity index (χ3n) is 4.65. The zero-order chi connectivity index (χ0) is 17.2. The van der Waals surface area contributed by atoms with E-state index >= 15 is 0 Å². The second kappa shape index (κ2) is 12.7. The Labute approximate surface area is 170 Å². The van der Waals surface area contributed by atoms with Gasteiger partial charge in [-0.2, -0.15) is 0 Å². The standard InChI is InChI=1S/C18H35N5O.HI/c1-3-19-18(22-11-10-20-17(24)16-7-8-16)21-9-5-13-23-12-4-6-15(2)14-23;/h15-16H,3-14H2,1-2H3,(H,20,24)(H2,19,21,22);1H. The van der Waals surface area contributed by atoms with Gasteiger partial charge in [0, 0.05) is 38.6 Å². The molecule has 0 radical (unpaired) electrons. The summed E-state index contributed by atoms with van der Waals surface area (Å²) < 4.78 is 0. The smallest absolute Gasteiger partial charge is 0.223 e. The van der Waals surface area contributed by atoms with E-state index in [1.54, 1.807) is 0 Å². The maximum atomic E-state index is 11.6. The van der Waals surface area contributed by atoms with Crippen molar-refractivity contribution in [2.75, 3.05) is 45.8 Å². The summed E-state index contributed by atoms with van der Waals surface area (Å²) in [5.41, 5.74) is 0. The first-order chi connectivity index (χ1) is 11.7. The largest absolute Gasteiger partial charge is 0.357 e. The van der Waals surface area contributed by atoms with Crippen LogP contribution in [0.1, 0.15) is 46.0 Å². The molecule has 0 aromatic rings. The predicted molar refractivity (Wildman–Crippen MR) is 115 cm³/mol. The summed E-state index contributed by atoms with van der Waals surface area (Å²) in [6.45, 7) is 11.1. The van der Waals surface area contributed by atoms with Gasteiger partial charge in [0.15, 0.2) is 5.96 Å². The molecule has 1 aliphatic carbocycles. The molecule has 146 valence electrons. The molecule has 0 spiro atoms. The average molecular weight is 465 g/mol. The van der Waals surface area contributed by atoms with Gasteiger partial charge in [-0.1, -0.05) is 6.92 Å². The second-order valence-electron chi connectivity index (χ2n) is 7.15. The molecule has 2 aliphatic rings. The van der Waals surface area contributed by atoms with Crippen LogP contribution >= 0.6 is 24.0 Å². The van der Waals surface area contributed by atoms with E-state index in [2.05, 4.69) is 39.7 Å². The molecule has 1 heterocycles. The zero-order valence-corrected chi connectivity index (χ0v) is 18.2. The fourth-order valence-corrected chi connectivity index (χ4v) is 3.17. The van der Waals surface area contributed by atoms with Gasteiger partial charge in [0.25, 0.3) is 0 Å². The first-order valence-electron chi connectivity index (χ1n) is 9.71. The van der Waals surface area contributed by atoms with Gasteiger partial charge in [0.1, 0.15) is 0 Å². The molecule has 6 nitrogen and oxygen atoms in total. The maximum absolute atomic E-state index is 11.6. The number of carbonyl (C=O) groups excluding carboxylic acids is 1. The Morgan fingerprint density at radius 3 is 2.60 bits per heavy atom. The summed E-state index contributed by atoms with van der Waals surface area (Å²) in [5, 5.41) is 9.52. The molecule has 0 aromatic carbocycles. The molecule has 1 aliphatic heterocycles. The van der Waals surface area contributed by atoms with Crippen LogP contribution in [-0.2, 0) is 4.79 Å². The number of guanidine groups is 1. The fourth-order valence-electron chi connectivity index (χ4n) is 3.17. The molecule has 0 bridgehead atoms. The Kier molecular flexibility index (Phi) is 11.4. The SMILES string of the molecule is CCNC(=NCCCN1CCCC(C)C1)NCCNC(=O)C1CC1.I. The van der Waals surface area contributed by atoms with E-state index in [4.69, 9.17) is 0 Å². The van der Waals surface area contributed by atoms with E-state index in [9.17, 15) is 4.79 Å².